The molecule has 6 heteroatoms. The lowest BCUT2D eigenvalue weighted by Gasteiger charge is -2.06. The lowest BCUT2D eigenvalue weighted by atomic mass is 10.1. The maximum Gasteiger partial charge on any atom is 0.278 e. The first-order chi connectivity index (χ1) is 8.65. The topological polar surface area (TPSA) is 67.9 Å². The standard InChI is InChI=1S/C12H13N3O2S/c1-7-6-8(4-5-9(7)17-2)10-11(16)13-12(18-3)15-14-10/h4-6H,1-3H3,(H,13,15,16). The number of hydrogen-bond acceptors (Lipinski definition) is 5. The zero-order valence-electron chi connectivity index (χ0n) is 10.4. The Hall–Kier alpha value is -1.82. The quantitative estimate of drug-likeness (QED) is 0.856. The highest BCUT2D eigenvalue weighted by Gasteiger charge is 2.09. The molecule has 94 valence electrons. The fourth-order valence-corrected chi connectivity index (χ4v) is 1.95. The molecule has 1 N–H and O–H groups in total. The largest absolute Gasteiger partial charge is 0.496 e. The number of thioether (sulfide) groups is 1. The molecule has 0 bridgehead atoms. The van der Waals surface area contributed by atoms with E-state index in [1.54, 1.807) is 13.2 Å². The van der Waals surface area contributed by atoms with Gasteiger partial charge in [-0.1, -0.05) is 11.8 Å². The lowest BCUT2D eigenvalue weighted by molar-refractivity contribution is 0.412. The second-order valence-electron chi connectivity index (χ2n) is 3.70. The van der Waals surface area contributed by atoms with E-state index in [-0.39, 0.29) is 5.56 Å². The van der Waals surface area contributed by atoms with E-state index in [2.05, 4.69) is 15.2 Å². The monoisotopic (exact) mass is 263 g/mol. The number of benzene rings is 1. The fourth-order valence-electron chi connectivity index (χ4n) is 1.63. The van der Waals surface area contributed by atoms with E-state index in [0.717, 1.165) is 16.9 Å². The molecule has 0 aliphatic rings. The summed E-state index contributed by atoms with van der Waals surface area (Å²) in [5.74, 6) is 0.781. The van der Waals surface area contributed by atoms with Crippen molar-refractivity contribution in [3.05, 3.63) is 34.1 Å². The first-order valence-electron chi connectivity index (χ1n) is 5.31. The van der Waals surface area contributed by atoms with E-state index in [0.29, 0.717) is 10.9 Å². The molecule has 0 spiro atoms. The summed E-state index contributed by atoms with van der Waals surface area (Å²) in [6.07, 6.45) is 1.83. The van der Waals surface area contributed by atoms with Gasteiger partial charge in [0.25, 0.3) is 5.56 Å². The van der Waals surface area contributed by atoms with E-state index in [4.69, 9.17) is 4.74 Å². The van der Waals surface area contributed by atoms with Crippen LogP contribution in [0.5, 0.6) is 5.75 Å². The van der Waals surface area contributed by atoms with Crippen LogP contribution in [-0.2, 0) is 0 Å². The molecule has 2 aromatic rings. The van der Waals surface area contributed by atoms with Crippen LogP contribution in [0, 0.1) is 6.92 Å². The third kappa shape index (κ3) is 2.38. The SMILES string of the molecule is COc1ccc(-c2nnc(SC)[nH]c2=O)cc1C. The van der Waals surface area contributed by atoms with Crippen LogP contribution in [0.1, 0.15) is 5.56 Å². The van der Waals surface area contributed by atoms with Gasteiger partial charge in [-0.05, 0) is 36.9 Å². The Bertz CT molecular complexity index is 625. The number of ether oxygens (including phenoxy) is 1. The normalized spacial score (nSPS) is 10.4. The Kier molecular flexibility index (Phi) is 3.66. The summed E-state index contributed by atoms with van der Waals surface area (Å²) in [7, 11) is 1.61. The van der Waals surface area contributed by atoms with Crippen LogP contribution < -0.4 is 10.3 Å². The number of aryl methyl sites for hydroxylation is 1. The first-order valence-corrected chi connectivity index (χ1v) is 6.54. The van der Waals surface area contributed by atoms with E-state index >= 15 is 0 Å². The van der Waals surface area contributed by atoms with Crippen molar-refractivity contribution >= 4 is 11.8 Å². The van der Waals surface area contributed by atoms with Crippen molar-refractivity contribution < 1.29 is 4.74 Å². The van der Waals surface area contributed by atoms with Crippen LogP contribution in [0.3, 0.4) is 0 Å². The Balaban J connectivity index is 2.49. The number of nitrogens with one attached hydrogen (secondary N) is 1. The molecule has 18 heavy (non-hydrogen) atoms. The number of aromatic amines is 1. The minimum Gasteiger partial charge on any atom is -0.496 e. The molecule has 0 saturated carbocycles. The zero-order valence-corrected chi connectivity index (χ0v) is 11.2. The number of H-pyrrole nitrogens is 1. The third-order valence-corrected chi connectivity index (χ3v) is 3.11. The van der Waals surface area contributed by atoms with Crippen molar-refractivity contribution in [2.24, 2.45) is 0 Å². The number of hydrogen-bond donors (Lipinski definition) is 1. The van der Waals surface area contributed by atoms with Crippen LogP contribution in [0.2, 0.25) is 0 Å². The summed E-state index contributed by atoms with van der Waals surface area (Å²) in [5.41, 5.74) is 1.76. The third-order valence-electron chi connectivity index (χ3n) is 2.54. The van der Waals surface area contributed by atoms with Gasteiger partial charge in [-0.3, -0.25) is 9.78 Å². The molecule has 0 unspecified atom stereocenters. The predicted molar refractivity (Wildman–Crippen MR) is 71.2 cm³/mol. The maximum absolute atomic E-state index is 11.9. The van der Waals surface area contributed by atoms with Gasteiger partial charge in [-0.25, -0.2) is 0 Å². The second kappa shape index (κ2) is 5.22. The molecule has 0 amide bonds. The van der Waals surface area contributed by atoms with Gasteiger partial charge in [0.1, 0.15) is 5.75 Å². The van der Waals surface area contributed by atoms with Crippen LogP contribution in [-0.4, -0.2) is 28.5 Å². The molecular weight excluding hydrogens is 250 g/mol. The van der Waals surface area contributed by atoms with Gasteiger partial charge < -0.3 is 4.74 Å². The molecule has 5 nitrogen and oxygen atoms in total. The first kappa shape index (κ1) is 12.6. The minimum absolute atomic E-state index is 0.237. The number of nitrogens with zero attached hydrogens (tertiary/aromatic N) is 2. The number of aromatic nitrogens is 3. The van der Waals surface area contributed by atoms with Crippen molar-refractivity contribution in [1.29, 1.82) is 0 Å². The molecule has 1 aromatic carbocycles. The van der Waals surface area contributed by atoms with Crippen LogP contribution >= 0.6 is 11.8 Å². The molecule has 0 aliphatic heterocycles. The molecular formula is C12H13N3O2S. The Morgan fingerprint density at radius 1 is 1.33 bits per heavy atom. The molecule has 0 atom stereocenters. The highest BCUT2D eigenvalue weighted by molar-refractivity contribution is 7.98. The van der Waals surface area contributed by atoms with E-state index in [1.807, 2.05) is 25.3 Å². The summed E-state index contributed by atoms with van der Waals surface area (Å²) in [6.45, 7) is 1.92. The molecule has 1 heterocycles. The zero-order chi connectivity index (χ0) is 13.1. The fraction of sp³-hybridized carbons (Fsp3) is 0.250. The van der Waals surface area contributed by atoms with E-state index in [1.165, 1.54) is 11.8 Å². The average Bonchev–Trinajstić information content (AvgIpc) is 2.38. The average molecular weight is 263 g/mol. The molecule has 0 fully saturated rings. The Morgan fingerprint density at radius 2 is 2.11 bits per heavy atom. The molecule has 0 radical (unpaired) electrons. The molecule has 2 rings (SSSR count). The van der Waals surface area contributed by atoms with Gasteiger partial charge >= 0.3 is 0 Å². The van der Waals surface area contributed by atoms with Crippen molar-refractivity contribution in [2.75, 3.05) is 13.4 Å². The van der Waals surface area contributed by atoms with Crippen LogP contribution in [0.4, 0.5) is 0 Å². The Morgan fingerprint density at radius 3 is 2.67 bits per heavy atom. The summed E-state index contributed by atoms with van der Waals surface area (Å²) in [6, 6.07) is 5.47. The van der Waals surface area contributed by atoms with Gasteiger partial charge in [-0.15, -0.1) is 10.2 Å². The van der Waals surface area contributed by atoms with Gasteiger partial charge in [0, 0.05) is 5.56 Å². The van der Waals surface area contributed by atoms with Crippen molar-refractivity contribution in [3.63, 3.8) is 0 Å². The highest BCUT2D eigenvalue weighted by Crippen LogP contribution is 2.22. The van der Waals surface area contributed by atoms with Crippen molar-refractivity contribution in [2.45, 2.75) is 12.1 Å². The number of rotatable bonds is 3. The van der Waals surface area contributed by atoms with Gasteiger partial charge in [0.05, 0.1) is 7.11 Å². The molecule has 0 aliphatic carbocycles. The predicted octanol–water partition coefficient (Wildman–Crippen LogP) is 1.87. The van der Waals surface area contributed by atoms with Crippen LogP contribution in [0.15, 0.2) is 28.2 Å². The van der Waals surface area contributed by atoms with Gasteiger partial charge in [0.2, 0.25) is 0 Å². The lowest BCUT2D eigenvalue weighted by Crippen LogP contribution is -2.14. The summed E-state index contributed by atoms with van der Waals surface area (Å²) in [4.78, 5) is 14.5. The smallest absolute Gasteiger partial charge is 0.278 e. The summed E-state index contributed by atoms with van der Waals surface area (Å²) < 4.78 is 5.18. The summed E-state index contributed by atoms with van der Waals surface area (Å²) >= 11 is 1.35. The van der Waals surface area contributed by atoms with Gasteiger partial charge in [-0.2, -0.15) is 0 Å². The van der Waals surface area contributed by atoms with Crippen molar-refractivity contribution in [1.82, 2.24) is 15.2 Å². The number of methoxy groups -OCH3 is 1. The second-order valence-corrected chi connectivity index (χ2v) is 4.49. The van der Waals surface area contributed by atoms with E-state index in [9.17, 15) is 4.79 Å². The minimum atomic E-state index is -0.237. The Labute approximate surface area is 109 Å². The molecule has 1 aromatic heterocycles. The van der Waals surface area contributed by atoms with Crippen molar-refractivity contribution in [3.8, 4) is 17.0 Å². The van der Waals surface area contributed by atoms with Gasteiger partial charge in [0.15, 0.2) is 10.9 Å². The highest BCUT2D eigenvalue weighted by atomic mass is 32.2. The summed E-state index contributed by atoms with van der Waals surface area (Å²) in [5, 5.41) is 8.40. The molecule has 0 saturated heterocycles. The van der Waals surface area contributed by atoms with Crippen LogP contribution in [0.25, 0.3) is 11.3 Å². The maximum atomic E-state index is 11.9. The van der Waals surface area contributed by atoms with E-state index < -0.39 is 0 Å².